The highest BCUT2D eigenvalue weighted by atomic mass is 32.2. The Bertz CT molecular complexity index is 1870. The Hall–Kier alpha value is -4.21. The van der Waals surface area contributed by atoms with Crippen LogP contribution >= 0.6 is 0 Å². The average Bonchev–Trinajstić information content (AvgIpc) is 3.61. The third kappa shape index (κ3) is 6.19. The predicted octanol–water partition coefficient (Wildman–Crippen LogP) is 7.54. The summed E-state index contributed by atoms with van der Waals surface area (Å²) in [5.74, 6) is 0.330. The third-order valence-corrected chi connectivity index (χ3v) is 9.79. The van der Waals surface area contributed by atoms with E-state index in [1.165, 1.54) is 11.1 Å². The van der Waals surface area contributed by atoms with Gasteiger partial charge in [-0.05, 0) is 81.9 Å². The zero-order valence-electron chi connectivity index (χ0n) is 26.5. The minimum Gasteiger partial charge on any atom is -0.610 e. The molecule has 0 radical (unpaired) electrons. The molecule has 0 bridgehead atoms. The number of fused-ring (bicyclic) bond motifs is 1. The van der Waals surface area contributed by atoms with E-state index < -0.39 is 11.2 Å². The number of allylic oxidation sites excluding steroid dienone is 2. The van der Waals surface area contributed by atoms with Crippen molar-refractivity contribution in [1.29, 1.82) is 0 Å². The van der Waals surface area contributed by atoms with Crippen LogP contribution in [-0.4, -0.2) is 41.7 Å². The number of hydrogen-bond donors (Lipinski definition) is 0. The molecule has 5 aromatic rings. The van der Waals surface area contributed by atoms with Crippen LogP contribution in [-0.2, 0) is 26.6 Å². The quantitative estimate of drug-likeness (QED) is 0.125. The number of nitrogens with zero attached hydrogens (tertiary/aromatic N) is 5. The first kappa shape index (κ1) is 30.8. The Morgan fingerprint density at radius 2 is 1.87 bits per heavy atom. The SMILES string of the molecule is CCOC(=O)C1CC=C(c2ccc(-n3nc(-c4cccc5nn(C[S+]([O-])c6ccccc6)cc45)c(C(C)C)c3C)c(C)n2)CC1. The van der Waals surface area contributed by atoms with Crippen molar-refractivity contribution >= 4 is 33.6 Å². The van der Waals surface area contributed by atoms with E-state index in [0.29, 0.717) is 13.0 Å². The summed E-state index contributed by atoms with van der Waals surface area (Å²) in [4.78, 5) is 18.0. The number of aromatic nitrogens is 5. The van der Waals surface area contributed by atoms with Crippen molar-refractivity contribution in [3.8, 4) is 16.9 Å². The van der Waals surface area contributed by atoms with Gasteiger partial charge in [0.05, 0.1) is 40.8 Å². The number of pyridine rings is 1. The summed E-state index contributed by atoms with van der Waals surface area (Å²) < 4.78 is 22.0. The third-order valence-electron chi connectivity index (χ3n) is 8.49. The van der Waals surface area contributed by atoms with Gasteiger partial charge in [-0.25, -0.2) is 9.36 Å². The van der Waals surface area contributed by atoms with E-state index in [0.717, 1.165) is 62.7 Å². The number of carbonyl (C=O) groups is 1. The maximum Gasteiger partial charge on any atom is 0.309 e. The molecule has 232 valence electrons. The molecule has 0 N–H and O–H groups in total. The Morgan fingerprint density at radius 3 is 2.56 bits per heavy atom. The molecule has 2 unspecified atom stereocenters. The first-order valence-corrected chi connectivity index (χ1v) is 16.9. The molecule has 1 aliphatic carbocycles. The molecule has 8 nitrogen and oxygen atoms in total. The van der Waals surface area contributed by atoms with Crippen LogP contribution in [0.1, 0.15) is 68.6 Å². The lowest BCUT2D eigenvalue weighted by Gasteiger charge is -2.20. The van der Waals surface area contributed by atoms with Crippen molar-refractivity contribution in [3.63, 3.8) is 0 Å². The highest BCUT2D eigenvalue weighted by Gasteiger charge is 2.25. The molecule has 2 aromatic carbocycles. The van der Waals surface area contributed by atoms with Gasteiger partial charge in [-0.2, -0.15) is 10.2 Å². The normalized spacial score (nSPS) is 15.8. The van der Waals surface area contributed by atoms with E-state index in [1.54, 1.807) is 4.68 Å². The Balaban J connectivity index is 1.32. The molecule has 3 aromatic heterocycles. The van der Waals surface area contributed by atoms with Crippen LogP contribution in [0.15, 0.2) is 77.8 Å². The second-order valence-corrected chi connectivity index (χ2v) is 13.3. The molecule has 3 heterocycles. The van der Waals surface area contributed by atoms with E-state index in [9.17, 15) is 9.35 Å². The molecular weight excluding hydrogens is 582 g/mol. The Morgan fingerprint density at radius 1 is 1.07 bits per heavy atom. The fraction of sp³-hybridized carbons (Fsp3) is 0.333. The molecular formula is C36H39N5O3S. The van der Waals surface area contributed by atoms with Gasteiger partial charge in [-0.1, -0.05) is 50.3 Å². The van der Waals surface area contributed by atoms with Gasteiger partial charge < -0.3 is 9.29 Å². The number of hydrogen-bond acceptors (Lipinski definition) is 6. The van der Waals surface area contributed by atoms with Crippen molar-refractivity contribution < 1.29 is 14.1 Å². The van der Waals surface area contributed by atoms with Crippen LogP contribution in [0.5, 0.6) is 0 Å². The van der Waals surface area contributed by atoms with Crippen molar-refractivity contribution in [3.05, 3.63) is 95.6 Å². The summed E-state index contributed by atoms with van der Waals surface area (Å²) in [6.45, 7) is 10.8. The molecule has 2 atom stereocenters. The number of ether oxygens (including phenoxy) is 1. The fourth-order valence-electron chi connectivity index (χ4n) is 6.27. The van der Waals surface area contributed by atoms with Crippen molar-refractivity contribution in [1.82, 2.24) is 24.5 Å². The van der Waals surface area contributed by atoms with Crippen LogP contribution in [0.2, 0.25) is 0 Å². The molecule has 1 aliphatic rings. The topological polar surface area (TPSA) is 97.9 Å². The van der Waals surface area contributed by atoms with Crippen molar-refractivity contribution in [2.45, 2.75) is 70.6 Å². The van der Waals surface area contributed by atoms with Gasteiger partial charge in [0, 0.05) is 39.6 Å². The first-order chi connectivity index (χ1) is 21.7. The summed E-state index contributed by atoms with van der Waals surface area (Å²) in [6, 6.07) is 19.7. The maximum atomic E-state index is 13.0. The molecule has 0 fully saturated rings. The summed E-state index contributed by atoms with van der Waals surface area (Å²) in [6.07, 6.45) is 6.37. The van der Waals surface area contributed by atoms with Crippen LogP contribution in [0.4, 0.5) is 0 Å². The van der Waals surface area contributed by atoms with Crippen LogP contribution < -0.4 is 0 Å². The average molecular weight is 622 g/mol. The zero-order chi connectivity index (χ0) is 31.7. The molecule has 6 rings (SSSR count). The monoisotopic (exact) mass is 621 g/mol. The largest absolute Gasteiger partial charge is 0.610 e. The second kappa shape index (κ2) is 13.0. The minimum atomic E-state index is -1.21. The first-order valence-electron chi connectivity index (χ1n) is 15.6. The van der Waals surface area contributed by atoms with Crippen LogP contribution in [0.3, 0.4) is 0 Å². The lowest BCUT2D eigenvalue weighted by atomic mass is 9.88. The lowest BCUT2D eigenvalue weighted by Crippen LogP contribution is -2.19. The molecule has 0 spiro atoms. The molecule has 0 saturated carbocycles. The number of benzene rings is 2. The van der Waals surface area contributed by atoms with Crippen LogP contribution in [0, 0.1) is 19.8 Å². The van der Waals surface area contributed by atoms with E-state index in [2.05, 4.69) is 45.0 Å². The number of rotatable bonds is 9. The van der Waals surface area contributed by atoms with Gasteiger partial charge in [-0.3, -0.25) is 9.78 Å². The standard InChI is InChI=1S/C36H39N5O3S/c1-6-44-36(42)27-17-15-26(16-18-27)31-19-20-33(24(4)37-31)41-25(5)34(23(2)3)35(39-41)29-13-10-14-32-30(29)21-40(38-32)22-45(43)28-11-8-7-9-12-28/h7-15,19-21,23,27H,6,16-18,22H2,1-5H3. The van der Waals surface area contributed by atoms with E-state index in [4.69, 9.17) is 19.9 Å². The maximum absolute atomic E-state index is 13.0. The van der Waals surface area contributed by atoms with Crippen molar-refractivity contribution in [2.24, 2.45) is 5.92 Å². The Kier molecular flexibility index (Phi) is 8.92. The van der Waals surface area contributed by atoms with Gasteiger partial charge in [0.1, 0.15) is 0 Å². The van der Waals surface area contributed by atoms with Crippen LogP contribution in [0.25, 0.3) is 33.4 Å². The highest BCUT2D eigenvalue weighted by molar-refractivity contribution is 7.90. The smallest absolute Gasteiger partial charge is 0.309 e. The van der Waals surface area contributed by atoms with Gasteiger partial charge in [-0.15, -0.1) is 0 Å². The summed E-state index contributed by atoms with van der Waals surface area (Å²) >= 11 is -1.21. The van der Waals surface area contributed by atoms with E-state index in [1.807, 2.05) is 67.2 Å². The van der Waals surface area contributed by atoms with Gasteiger partial charge >= 0.3 is 5.97 Å². The number of esters is 1. The molecule has 45 heavy (non-hydrogen) atoms. The molecule has 9 heteroatoms. The minimum absolute atomic E-state index is 0.0729. The Labute approximate surface area is 267 Å². The van der Waals surface area contributed by atoms with Crippen molar-refractivity contribution in [2.75, 3.05) is 6.61 Å². The highest BCUT2D eigenvalue weighted by Crippen LogP contribution is 2.37. The van der Waals surface area contributed by atoms with E-state index in [-0.39, 0.29) is 23.7 Å². The molecule has 0 aliphatic heterocycles. The number of aryl methyl sites for hydroxylation is 1. The second-order valence-electron chi connectivity index (χ2n) is 11.9. The van der Waals surface area contributed by atoms with Gasteiger partial charge in [0.25, 0.3) is 0 Å². The fourth-order valence-corrected chi connectivity index (χ4v) is 7.25. The predicted molar refractivity (Wildman–Crippen MR) is 178 cm³/mol. The zero-order valence-corrected chi connectivity index (χ0v) is 27.3. The summed E-state index contributed by atoms with van der Waals surface area (Å²) in [5.41, 5.74) is 8.94. The van der Waals surface area contributed by atoms with E-state index >= 15 is 0 Å². The number of carbonyl (C=O) groups excluding carboxylic acids is 1. The van der Waals surface area contributed by atoms with Gasteiger partial charge in [0.15, 0.2) is 4.90 Å². The lowest BCUT2D eigenvalue weighted by molar-refractivity contribution is -0.148. The summed E-state index contributed by atoms with van der Waals surface area (Å²) in [7, 11) is 0. The summed E-state index contributed by atoms with van der Waals surface area (Å²) in [5, 5.41) is 10.9. The molecule has 0 amide bonds. The van der Waals surface area contributed by atoms with Gasteiger partial charge in [0.2, 0.25) is 5.88 Å². The molecule has 0 saturated heterocycles.